The quantitative estimate of drug-likeness (QED) is 0.601. The van der Waals surface area contributed by atoms with Crippen molar-refractivity contribution in [1.82, 2.24) is 5.32 Å². The molecule has 0 amide bonds. The Morgan fingerprint density at radius 2 is 2.22 bits per heavy atom. The topological polar surface area (TPSA) is 21.3 Å². The number of methoxy groups -OCH3 is 1. The fraction of sp³-hybridized carbons (Fsp3) is 1.00. The molecule has 1 atom stereocenters. The van der Waals surface area contributed by atoms with Gasteiger partial charge in [-0.2, -0.15) is 0 Å². The number of ether oxygens (including phenoxy) is 1. The summed E-state index contributed by atoms with van der Waals surface area (Å²) in [6.45, 7) is 3.13. The second-order valence-electron chi connectivity index (χ2n) is 2.20. The molecule has 0 aromatic carbocycles. The Balaban J connectivity index is 3.18. The molecule has 0 saturated carbocycles. The number of nitrogens with one attached hydrogen (secondary N) is 1. The van der Waals surface area contributed by atoms with Crippen LogP contribution in [0, 0.1) is 0 Å². The summed E-state index contributed by atoms with van der Waals surface area (Å²) in [6, 6.07) is 0. The van der Waals surface area contributed by atoms with Crippen molar-refractivity contribution in [3.05, 3.63) is 0 Å². The van der Waals surface area contributed by atoms with Gasteiger partial charge in [-0.15, -0.1) is 0 Å². The molecule has 0 aliphatic heterocycles. The maximum atomic E-state index is 5.17. The van der Waals surface area contributed by atoms with Gasteiger partial charge in [-0.3, -0.25) is 0 Å². The molecule has 2 heteroatoms. The zero-order valence-electron chi connectivity index (χ0n) is 6.61. The Labute approximate surface area is 57.6 Å². The normalized spacial score (nSPS) is 13.7. The molecular weight excluding hydrogens is 114 g/mol. The van der Waals surface area contributed by atoms with Gasteiger partial charge in [0.2, 0.25) is 0 Å². The Kier molecular flexibility index (Phi) is 5.99. The van der Waals surface area contributed by atoms with Crippen LogP contribution in [0.3, 0.4) is 0 Å². The molecule has 0 saturated heterocycles. The van der Waals surface area contributed by atoms with Crippen LogP contribution in [0.2, 0.25) is 0 Å². The van der Waals surface area contributed by atoms with Gasteiger partial charge < -0.3 is 10.1 Å². The molecule has 1 N–H and O–H groups in total. The Morgan fingerprint density at radius 1 is 1.56 bits per heavy atom. The van der Waals surface area contributed by atoms with Crippen LogP contribution in [0.4, 0.5) is 0 Å². The highest BCUT2D eigenvalue weighted by Crippen LogP contribution is 1.97. The SMILES string of the molecule is CCC[C@@H](CNC)OC. The van der Waals surface area contributed by atoms with Gasteiger partial charge in [0.15, 0.2) is 0 Å². The first-order chi connectivity index (χ1) is 4.35. The fourth-order valence-electron chi connectivity index (χ4n) is 0.853. The van der Waals surface area contributed by atoms with Crippen molar-refractivity contribution in [2.45, 2.75) is 25.9 Å². The van der Waals surface area contributed by atoms with Gasteiger partial charge in [0.1, 0.15) is 0 Å². The van der Waals surface area contributed by atoms with Crippen molar-refractivity contribution in [2.75, 3.05) is 20.7 Å². The minimum Gasteiger partial charge on any atom is -0.380 e. The minimum absolute atomic E-state index is 0.403. The van der Waals surface area contributed by atoms with Gasteiger partial charge in [0.25, 0.3) is 0 Å². The van der Waals surface area contributed by atoms with Crippen LogP contribution in [-0.2, 0) is 4.74 Å². The van der Waals surface area contributed by atoms with E-state index in [1.807, 2.05) is 7.05 Å². The zero-order valence-corrected chi connectivity index (χ0v) is 6.61. The van der Waals surface area contributed by atoms with E-state index < -0.39 is 0 Å². The molecule has 0 rings (SSSR count). The summed E-state index contributed by atoms with van der Waals surface area (Å²) in [5.41, 5.74) is 0. The van der Waals surface area contributed by atoms with Gasteiger partial charge in [-0.05, 0) is 13.5 Å². The van der Waals surface area contributed by atoms with E-state index in [0.29, 0.717) is 6.10 Å². The monoisotopic (exact) mass is 131 g/mol. The maximum Gasteiger partial charge on any atom is 0.0695 e. The molecule has 56 valence electrons. The summed E-state index contributed by atoms with van der Waals surface area (Å²) in [5, 5.41) is 3.08. The van der Waals surface area contributed by atoms with Crippen molar-refractivity contribution in [3.63, 3.8) is 0 Å². The summed E-state index contributed by atoms with van der Waals surface area (Å²) >= 11 is 0. The van der Waals surface area contributed by atoms with Crippen LogP contribution in [-0.4, -0.2) is 26.8 Å². The highest BCUT2D eigenvalue weighted by atomic mass is 16.5. The summed E-state index contributed by atoms with van der Waals surface area (Å²) in [4.78, 5) is 0. The third-order valence-corrected chi connectivity index (χ3v) is 1.38. The Bertz CT molecular complexity index is 50.9. The second-order valence-corrected chi connectivity index (χ2v) is 2.20. The van der Waals surface area contributed by atoms with Crippen LogP contribution in [0.1, 0.15) is 19.8 Å². The molecular formula is C7H17NO. The molecule has 0 aromatic rings. The van der Waals surface area contributed by atoms with Crippen molar-refractivity contribution in [1.29, 1.82) is 0 Å². The molecule has 0 aliphatic rings. The van der Waals surface area contributed by atoms with Crippen molar-refractivity contribution >= 4 is 0 Å². The average Bonchev–Trinajstić information content (AvgIpc) is 1.88. The molecule has 0 fully saturated rings. The fourth-order valence-corrected chi connectivity index (χ4v) is 0.853. The van der Waals surface area contributed by atoms with E-state index in [4.69, 9.17) is 4.74 Å². The van der Waals surface area contributed by atoms with Crippen LogP contribution >= 0.6 is 0 Å². The molecule has 0 spiro atoms. The Morgan fingerprint density at radius 3 is 2.56 bits per heavy atom. The summed E-state index contributed by atoms with van der Waals surface area (Å²) in [6.07, 6.45) is 2.75. The molecule has 2 nitrogen and oxygen atoms in total. The molecule has 0 radical (unpaired) electrons. The van der Waals surface area contributed by atoms with E-state index >= 15 is 0 Å². The van der Waals surface area contributed by atoms with Gasteiger partial charge in [0.05, 0.1) is 6.10 Å². The lowest BCUT2D eigenvalue weighted by Crippen LogP contribution is -2.25. The molecule has 0 aliphatic carbocycles. The number of hydrogen-bond donors (Lipinski definition) is 1. The van der Waals surface area contributed by atoms with E-state index in [0.717, 1.165) is 13.0 Å². The highest BCUT2D eigenvalue weighted by molar-refractivity contribution is 4.57. The lowest BCUT2D eigenvalue weighted by Gasteiger charge is -2.12. The predicted octanol–water partition coefficient (Wildman–Crippen LogP) is 1.02. The smallest absolute Gasteiger partial charge is 0.0695 e. The lowest BCUT2D eigenvalue weighted by molar-refractivity contribution is 0.0956. The first-order valence-electron chi connectivity index (χ1n) is 3.52. The first kappa shape index (κ1) is 8.92. The van der Waals surface area contributed by atoms with Gasteiger partial charge in [-0.25, -0.2) is 0 Å². The van der Waals surface area contributed by atoms with Crippen molar-refractivity contribution in [3.8, 4) is 0 Å². The molecule has 0 bridgehead atoms. The van der Waals surface area contributed by atoms with Gasteiger partial charge >= 0.3 is 0 Å². The van der Waals surface area contributed by atoms with E-state index in [1.54, 1.807) is 7.11 Å². The summed E-state index contributed by atoms with van der Waals surface area (Å²) < 4.78 is 5.17. The van der Waals surface area contributed by atoms with Crippen molar-refractivity contribution < 1.29 is 4.74 Å². The van der Waals surface area contributed by atoms with E-state index in [2.05, 4.69) is 12.2 Å². The standard InChI is InChI=1S/C7H17NO/c1-4-5-7(9-3)6-8-2/h7-8H,4-6H2,1-3H3/t7-/m0/s1. The van der Waals surface area contributed by atoms with E-state index in [9.17, 15) is 0 Å². The van der Waals surface area contributed by atoms with Crippen LogP contribution in [0.15, 0.2) is 0 Å². The van der Waals surface area contributed by atoms with Gasteiger partial charge in [0, 0.05) is 13.7 Å². The molecule has 9 heavy (non-hydrogen) atoms. The predicted molar refractivity (Wildman–Crippen MR) is 39.6 cm³/mol. The Hall–Kier alpha value is -0.0800. The van der Waals surface area contributed by atoms with Crippen LogP contribution in [0.5, 0.6) is 0 Å². The number of likely N-dealkylation sites (N-methyl/N-ethyl adjacent to an activating group) is 1. The third-order valence-electron chi connectivity index (χ3n) is 1.38. The summed E-state index contributed by atoms with van der Waals surface area (Å²) in [7, 11) is 3.71. The van der Waals surface area contributed by atoms with Gasteiger partial charge in [-0.1, -0.05) is 13.3 Å². The van der Waals surface area contributed by atoms with E-state index in [-0.39, 0.29) is 0 Å². The minimum atomic E-state index is 0.403. The summed E-state index contributed by atoms with van der Waals surface area (Å²) in [5.74, 6) is 0. The molecule has 0 heterocycles. The third kappa shape index (κ3) is 4.43. The highest BCUT2D eigenvalue weighted by Gasteiger charge is 2.01. The second kappa shape index (κ2) is 6.05. The largest absolute Gasteiger partial charge is 0.380 e. The number of hydrogen-bond acceptors (Lipinski definition) is 2. The first-order valence-corrected chi connectivity index (χ1v) is 3.52. The zero-order chi connectivity index (χ0) is 7.11. The van der Waals surface area contributed by atoms with Crippen LogP contribution in [0.25, 0.3) is 0 Å². The van der Waals surface area contributed by atoms with Crippen molar-refractivity contribution in [2.24, 2.45) is 0 Å². The lowest BCUT2D eigenvalue weighted by atomic mass is 10.2. The average molecular weight is 131 g/mol. The maximum absolute atomic E-state index is 5.17. The van der Waals surface area contributed by atoms with Crippen LogP contribution < -0.4 is 5.32 Å². The number of rotatable bonds is 5. The molecule has 0 aromatic heterocycles. The van der Waals surface area contributed by atoms with E-state index in [1.165, 1.54) is 6.42 Å². The molecule has 0 unspecified atom stereocenters.